The van der Waals surface area contributed by atoms with Crippen LogP contribution in [0.1, 0.15) is 24.2 Å². The minimum Gasteiger partial charge on any atom is -0.468 e. The van der Waals surface area contributed by atoms with Crippen molar-refractivity contribution in [3.05, 3.63) is 35.9 Å². The fourth-order valence-corrected chi connectivity index (χ4v) is 1.65. The third-order valence-electron chi connectivity index (χ3n) is 2.70. The lowest BCUT2D eigenvalue weighted by Crippen LogP contribution is -2.44. The highest BCUT2D eigenvalue weighted by molar-refractivity contribution is 5.97. The van der Waals surface area contributed by atoms with Crippen LogP contribution in [0.5, 0.6) is 0 Å². The van der Waals surface area contributed by atoms with E-state index in [-0.39, 0.29) is 24.2 Å². The molecule has 0 radical (unpaired) electrons. The molecule has 4 nitrogen and oxygen atoms in total. The molecule has 1 aromatic carbocycles. The van der Waals surface area contributed by atoms with Gasteiger partial charge in [0.2, 0.25) is 0 Å². The Bertz CT molecular complexity index is 401. The van der Waals surface area contributed by atoms with Crippen molar-refractivity contribution in [1.82, 2.24) is 5.32 Å². The van der Waals surface area contributed by atoms with E-state index in [0.717, 1.165) is 0 Å². The molecule has 0 aliphatic carbocycles. The van der Waals surface area contributed by atoms with Crippen molar-refractivity contribution in [1.29, 1.82) is 0 Å². The lowest BCUT2D eigenvalue weighted by Gasteiger charge is -2.19. The van der Waals surface area contributed by atoms with E-state index in [1.165, 1.54) is 7.11 Å². The lowest BCUT2D eigenvalue weighted by atomic mass is 10.0. The quantitative estimate of drug-likeness (QED) is 0.615. The molecule has 0 aliphatic heterocycles. The first kappa shape index (κ1) is 14.4. The SMILES string of the molecule is COC(=O)[C@H](NCC(=O)c1ccccc1)C(C)C. The molecule has 1 aromatic rings. The van der Waals surface area contributed by atoms with Gasteiger partial charge < -0.3 is 4.74 Å². The molecule has 0 amide bonds. The highest BCUT2D eigenvalue weighted by Crippen LogP contribution is 2.04. The van der Waals surface area contributed by atoms with E-state index >= 15 is 0 Å². The van der Waals surface area contributed by atoms with E-state index in [9.17, 15) is 9.59 Å². The minimum atomic E-state index is -0.456. The topological polar surface area (TPSA) is 55.4 Å². The summed E-state index contributed by atoms with van der Waals surface area (Å²) in [6.07, 6.45) is 0. The normalized spacial score (nSPS) is 12.2. The molecule has 0 saturated heterocycles. The van der Waals surface area contributed by atoms with Crippen LogP contribution < -0.4 is 5.32 Å². The number of carbonyl (C=O) groups excluding carboxylic acids is 2. The average Bonchev–Trinajstić information content (AvgIpc) is 2.39. The molecule has 0 heterocycles. The Hall–Kier alpha value is -1.68. The average molecular weight is 249 g/mol. The molecule has 0 aromatic heterocycles. The van der Waals surface area contributed by atoms with Crippen LogP contribution in [0.3, 0.4) is 0 Å². The number of hydrogen-bond acceptors (Lipinski definition) is 4. The third kappa shape index (κ3) is 3.96. The molecule has 1 N–H and O–H groups in total. The van der Waals surface area contributed by atoms with Crippen LogP contribution in [-0.2, 0) is 9.53 Å². The Balaban J connectivity index is 2.58. The smallest absolute Gasteiger partial charge is 0.323 e. The van der Waals surface area contributed by atoms with E-state index in [1.807, 2.05) is 32.0 Å². The molecule has 0 spiro atoms. The summed E-state index contributed by atoms with van der Waals surface area (Å²) in [5.41, 5.74) is 0.636. The molecule has 0 unspecified atom stereocenters. The van der Waals surface area contributed by atoms with E-state index in [1.54, 1.807) is 12.1 Å². The van der Waals surface area contributed by atoms with Crippen LogP contribution in [0, 0.1) is 5.92 Å². The summed E-state index contributed by atoms with van der Waals surface area (Å²) in [6, 6.07) is 8.54. The molecule has 0 fully saturated rings. The molecule has 0 aliphatic rings. The maximum atomic E-state index is 11.9. The van der Waals surface area contributed by atoms with Crippen molar-refractivity contribution < 1.29 is 14.3 Å². The molecule has 4 heteroatoms. The zero-order valence-electron chi connectivity index (χ0n) is 11.0. The largest absolute Gasteiger partial charge is 0.468 e. The number of rotatable bonds is 6. The van der Waals surface area contributed by atoms with Gasteiger partial charge in [0.05, 0.1) is 13.7 Å². The number of carbonyl (C=O) groups is 2. The standard InChI is InChI=1S/C14H19NO3/c1-10(2)13(14(17)18-3)15-9-12(16)11-7-5-4-6-8-11/h4-8,10,13,15H,9H2,1-3H3/t13-/m1/s1. The summed E-state index contributed by atoms with van der Waals surface area (Å²) < 4.78 is 4.70. The first-order chi connectivity index (χ1) is 8.56. The number of esters is 1. The Morgan fingerprint density at radius 3 is 2.33 bits per heavy atom. The molecular weight excluding hydrogens is 230 g/mol. The predicted molar refractivity (Wildman–Crippen MR) is 69.4 cm³/mol. The van der Waals surface area contributed by atoms with Crippen molar-refractivity contribution in [2.24, 2.45) is 5.92 Å². The van der Waals surface area contributed by atoms with E-state index < -0.39 is 6.04 Å². The second-order valence-corrected chi connectivity index (χ2v) is 4.41. The highest BCUT2D eigenvalue weighted by Gasteiger charge is 2.23. The Labute approximate surface area is 107 Å². The van der Waals surface area contributed by atoms with Gasteiger partial charge >= 0.3 is 5.97 Å². The van der Waals surface area contributed by atoms with Gasteiger partial charge in [-0.25, -0.2) is 0 Å². The van der Waals surface area contributed by atoms with Gasteiger partial charge in [-0.05, 0) is 5.92 Å². The number of ketones is 1. The molecule has 1 atom stereocenters. The van der Waals surface area contributed by atoms with E-state index in [2.05, 4.69) is 5.32 Å². The van der Waals surface area contributed by atoms with Gasteiger partial charge in [-0.1, -0.05) is 44.2 Å². The Kier molecular flexibility index (Phi) is 5.52. The fraction of sp³-hybridized carbons (Fsp3) is 0.429. The minimum absolute atomic E-state index is 0.0369. The second-order valence-electron chi connectivity index (χ2n) is 4.41. The molecule has 0 saturated carbocycles. The molecule has 0 bridgehead atoms. The number of Topliss-reactive ketones (excluding diaryl/α,β-unsaturated/α-hetero) is 1. The van der Waals surface area contributed by atoms with Gasteiger partial charge in [-0.2, -0.15) is 0 Å². The summed E-state index contributed by atoms with van der Waals surface area (Å²) >= 11 is 0. The van der Waals surface area contributed by atoms with Gasteiger partial charge in [0.15, 0.2) is 5.78 Å². The molecule has 18 heavy (non-hydrogen) atoms. The molecular formula is C14H19NO3. The van der Waals surface area contributed by atoms with Crippen molar-refractivity contribution in [2.75, 3.05) is 13.7 Å². The summed E-state index contributed by atoms with van der Waals surface area (Å²) in [6.45, 7) is 3.94. The van der Waals surface area contributed by atoms with Crippen molar-refractivity contribution >= 4 is 11.8 Å². The van der Waals surface area contributed by atoms with Gasteiger partial charge in [-0.3, -0.25) is 14.9 Å². The van der Waals surface area contributed by atoms with Crippen LogP contribution >= 0.6 is 0 Å². The monoisotopic (exact) mass is 249 g/mol. The predicted octanol–water partition coefficient (Wildman–Crippen LogP) is 1.66. The van der Waals surface area contributed by atoms with Gasteiger partial charge in [0, 0.05) is 5.56 Å². The zero-order chi connectivity index (χ0) is 13.5. The fourth-order valence-electron chi connectivity index (χ4n) is 1.65. The highest BCUT2D eigenvalue weighted by atomic mass is 16.5. The van der Waals surface area contributed by atoms with Crippen molar-refractivity contribution in [2.45, 2.75) is 19.9 Å². The number of benzene rings is 1. The number of ether oxygens (including phenoxy) is 1. The first-order valence-corrected chi connectivity index (χ1v) is 5.95. The lowest BCUT2D eigenvalue weighted by molar-refractivity contribution is -0.144. The molecule has 1 rings (SSSR count). The van der Waals surface area contributed by atoms with Gasteiger partial charge in [-0.15, -0.1) is 0 Å². The van der Waals surface area contributed by atoms with Crippen molar-refractivity contribution in [3.8, 4) is 0 Å². The van der Waals surface area contributed by atoms with Crippen LogP contribution in [0.15, 0.2) is 30.3 Å². The number of methoxy groups -OCH3 is 1. The summed E-state index contributed by atoms with van der Waals surface area (Å²) in [7, 11) is 1.35. The van der Waals surface area contributed by atoms with Crippen molar-refractivity contribution in [3.63, 3.8) is 0 Å². The van der Waals surface area contributed by atoms with Gasteiger partial charge in [0.1, 0.15) is 6.04 Å². The third-order valence-corrected chi connectivity index (χ3v) is 2.70. The Morgan fingerprint density at radius 2 is 1.83 bits per heavy atom. The number of nitrogens with one attached hydrogen (secondary N) is 1. The summed E-state index contributed by atoms with van der Waals surface area (Å²) in [5, 5.41) is 2.94. The Morgan fingerprint density at radius 1 is 1.22 bits per heavy atom. The summed E-state index contributed by atoms with van der Waals surface area (Å²) in [4.78, 5) is 23.4. The van der Waals surface area contributed by atoms with Crippen LogP contribution in [0.2, 0.25) is 0 Å². The van der Waals surface area contributed by atoms with Crippen LogP contribution in [0.4, 0.5) is 0 Å². The van der Waals surface area contributed by atoms with Crippen LogP contribution in [0.25, 0.3) is 0 Å². The molecule has 98 valence electrons. The van der Waals surface area contributed by atoms with E-state index in [0.29, 0.717) is 5.56 Å². The summed E-state index contributed by atoms with van der Waals surface area (Å²) in [5.74, 6) is -0.308. The maximum absolute atomic E-state index is 11.9. The van der Waals surface area contributed by atoms with E-state index in [4.69, 9.17) is 4.74 Å². The van der Waals surface area contributed by atoms with Gasteiger partial charge in [0.25, 0.3) is 0 Å². The maximum Gasteiger partial charge on any atom is 0.323 e. The second kappa shape index (κ2) is 6.91. The first-order valence-electron chi connectivity index (χ1n) is 5.95. The zero-order valence-corrected chi connectivity index (χ0v) is 11.0. The number of hydrogen-bond donors (Lipinski definition) is 1. The van der Waals surface area contributed by atoms with Crippen LogP contribution in [-0.4, -0.2) is 31.4 Å².